The Kier molecular flexibility index (Phi) is 3.52. The van der Waals surface area contributed by atoms with E-state index in [2.05, 4.69) is 5.10 Å². The van der Waals surface area contributed by atoms with E-state index in [0.29, 0.717) is 5.56 Å². The molecule has 1 aromatic rings. The second-order valence-corrected chi connectivity index (χ2v) is 3.45. The SMILES string of the molecule is CC[C@@H](C)n1cc(CCl)c(C(=O)O)n1. The van der Waals surface area contributed by atoms with Gasteiger partial charge in [-0.1, -0.05) is 6.92 Å². The van der Waals surface area contributed by atoms with Gasteiger partial charge in [0.15, 0.2) is 5.69 Å². The molecule has 0 fully saturated rings. The van der Waals surface area contributed by atoms with Crippen molar-refractivity contribution in [2.45, 2.75) is 32.2 Å². The average Bonchev–Trinajstić information content (AvgIpc) is 2.60. The maximum absolute atomic E-state index is 10.8. The fourth-order valence-electron chi connectivity index (χ4n) is 1.12. The molecule has 0 aliphatic heterocycles. The third kappa shape index (κ3) is 2.07. The van der Waals surface area contributed by atoms with Crippen LogP contribution in [0.5, 0.6) is 0 Å². The molecule has 0 radical (unpaired) electrons. The second-order valence-electron chi connectivity index (χ2n) is 3.18. The molecule has 1 aromatic heterocycles. The Hall–Kier alpha value is -1.03. The summed E-state index contributed by atoms with van der Waals surface area (Å²) in [4.78, 5) is 10.8. The molecule has 78 valence electrons. The van der Waals surface area contributed by atoms with E-state index in [1.165, 1.54) is 0 Å². The summed E-state index contributed by atoms with van der Waals surface area (Å²) < 4.78 is 1.65. The van der Waals surface area contributed by atoms with Crippen LogP contribution >= 0.6 is 11.6 Å². The summed E-state index contributed by atoms with van der Waals surface area (Å²) in [6.45, 7) is 4.00. The highest BCUT2D eigenvalue weighted by atomic mass is 35.5. The summed E-state index contributed by atoms with van der Waals surface area (Å²) in [5.41, 5.74) is 0.625. The van der Waals surface area contributed by atoms with Gasteiger partial charge in [-0.2, -0.15) is 5.10 Å². The summed E-state index contributed by atoms with van der Waals surface area (Å²) in [5, 5.41) is 12.8. The highest BCUT2D eigenvalue weighted by Gasteiger charge is 2.16. The topological polar surface area (TPSA) is 55.1 Å². The monoisotopic (exact) mass is 216 g/mol. The molecule has 0 amide bonds. The van der Waals surface area contributed by atoms with E-state index in [9.17, 15) is 4.79 Å². The number of aromatic nitrogens is 2. The van der Waals surface area contributed by atoms with E-state index >= 15 is 0 Å². The highest BCUT2D eigenvalue weighted by molar-refractivity contribution is 6.17. The van der Waals surface area contributed by atoms with Gasteiger partial charge < -0.3 is 5.11 Å². The minimum Gasteiger partial charge on any atom is -0.476 e. The molecule has 0 aromatic carbocycles. The first-order valence-electron chi connectivity index (χ1n) is 4.47. The molecular weight excluding hydrogens is 204 g/mol. The number of rotatable bonds is 4. The van der Waals surface area contributed by atoms with E-state index in [-0.39, 0.29) is 17.6 Å². The Bertz CT molecular complexity index is 336. The molecule has 0 unspecified atom stereocenters. The van der Waals surface area contributed by atoms with E-state index in [4.69, 9.17) is 16.7 Å². The quantitative estimate of drug-likeness (QED) is 0.786. The van der Waals surface area contributed by atoms with Gasteiger partial charge in [-0.05, 0) is 13.3 Å². The number of carbonyl (C=O) groups is 1. The van der Waals surface area contributed by atoms with E-state index in [1.807, 2.05) is 13.8 Å². The fraction of sp³-hybridized carbons (Fsp3) is 0.556. The molecule has 1 heterocycles. The first-order valence-corrected chi connectivity index (χ1v) is 5.00. The van der Waals surface area contributed by atoms with Gasteiger partial charge >= 0.3 is 5.97 Å². The molecule has 0 spiro atoms. The zero-order valence-corrected chi connectivity index (χ0v) is 8.95. The van der Waals surface area contributed by atoms with Crippen molar-refractivity contribution in [1.29, 1.82) is 0 Å². The van der Waals surface area contributed by atoms with Crippen molar-refractivity contribution in [3.8, 4) is 0 Å². The third-order valence-electron chi connectivity index (χ3n) is 2.20. The van der Waals surface area contributed by atoms with Crippen molar-refractivity contribution in [1.82, 2.24) is 9.78 Å². The molecule has 0 saturated heterocycles. The normalized spacial score (nSPS) is 12.8. The zero-order chi connectivity index (χ0) is 10.7. The number of hydrogen-bond donors (Lipinski definition) is 1. The molecular formula is C9H13ClN2O2. The van der Waals surface area contributed by atoms with Crippen molar-refractivity contribution in [2.75, 3.05) is 0 Å². The lowest BCUT2D eigenvalue weighted by atomic mass is 10.2. The number of alkyl halides is 1. The highest BCUT2D eigenvalue weighted by Crippen LogP contribution is 2.15. The molecule has 0 aliphatic carbocycles. The summed E-state index contributed by atoms with van der Waals surface area (Å²) in [5.74, 6) is -0.847. The molecule has 1 rings (SSSR count). The Labute approximate surface area is 87.5 Å². The van der Waals surface area contributed by atoms with Gasteiger partial charge in [0.25, 0.3) is 0 Å². The number of nitrogens with zero attached hydrogens (tertiary/aromatic N) is 2. The minimum atomic E-state index is -1.03. The lowest BCUT2D eigenvalue weighted by Crippen LogP contribution is -2.06. The number of hydrogen-bond acceptors (Lipinski definition) is 2. The van der Waals surface area contributed by atoms with Crippen molar-refractivity contribution in [2.24, 2.45) is 0 Å². The number of carboxylic acids is 1. The van der Waals surface area contributed by atoms with E-state index < -0.39 is 5.97 Å². The van der Waals surface area contributed by atoms with Gasteiger partial charge in [-0.15, -0.1) is 11.6 Å². The summed E-state index contributed by atoms with van der Waals surface area (Å²) in [6, 6.07) is 0.199. The molecule has 14 heavy (non-hydrogen) atoms. The number of halogens is 1. The summed E-state index contributed by atoms with van der Waals surface area (Å²) in [6.07, 6.45) is 2.60. The van der Waals surface area contributed by atoms with E-state index in [1.54, 1.807) is 10.9 Å². The van der Waals surface area contributed by atoms with Crippen molar-refractivity contribution >= 4 is 17.6 Å². The van der Waals surface area contributed by atoms with Crippen LogP contribution in [0.25, 0.3) is 0 Å². The van der Waals surface area contributed by atoms with Gasteiger partial charge in [0.2, 0.25) is 0 Å². The smallest absolute Gasteiger partial charge is 0.356 e. The molecule has 1 N–H and O–H groups in total. The lowest BCUT2D eigenvalue weighted by Gasteiger charge is -2.07. The van der Waals surface area contributed by atoms with Crippen molar-refractivity contribution in [3.63, 3.8) is 0 Å². The van der Waals surface area contributed by atoms with Crippen LogP contribution in [0, 0.1) is 0 Å². The predicted molar refractivity (Wildman–Crippen MR) is 53.7 cm³/mol. The second kappa shape index (κ2) is 4.46. The molecule has 4 nitrogen and oxygen atoms in total. The third-order valence-corrected chi connectivity index (χ3v) is 2.48. The molecule has 1 atom stereocenters. The molecule has 0 bridgehead atoms. The van der Waals surface area contributed by atoms with Gasteiger partial charge in [-0.25, -0.2) is 4.79 Å². The van der Waals surface area contributed by atoms with Gasteiger partial charge in [0.1, 0.15) is 0 Å². The molecule has 5 heteroatoms. The van der Waals surface area contributed by atoms with Crippen LogP contribution in [-0.2, 0) is 5.88 Å². The van der Waals surface area contributed by atoms with Crippen LogP contribution in [0.4, 0.5) is 0 Å². The average molecular weight is 217 g/mol. The first kappa shape index (κ1) is 11.0. The molecule has 0 aliphatic rings. The standard InChI is InChI=1S/C9H13ClN2O2/c1-3-6(2)12-5-7(4-10)8(11-12)9(13)14/h5-6H,3-4H2,1-2H3,(H,13,14)/t6-/m1/s1. The molecule has 0 saturated carbocycles. The van der Waals surface area contributed by atoms with Crippen LogP contribution in [0.15, 0.2) is 6.20 Å². The van der Waals surface area contributed by atoms with Gasteiger partial charge in [0.05, 0.1) is 5.88 Å². The van der Waals surface area contributed by atoms with Crippen LogP contribution in [-0.4, -0.2) is 20.9 Å². The van der Waals surface area contributed by atoms with Crippen molar-refractivity contribution < 1.29 is 9.90 Å². The van der Waals surface area contributed by atoms with Gasteiger partial charge in [0, 0.05) is 17.8 Å². The summed E-state index contributed by atoms with van der Waals surface area (Å²) >= 11 is 5.62. The predicted octanol–water partition coefficient (Wildman–Crippen LogP) is 2.29. The Morgan fingerprint density at radius 3 is 2.79 bits per heavy atom. The van der Waals surface area contributed by atoms with Crippen LogP contribution in [0.3, 0.4) is 0 Å². The van der Waals surface area contributed by atoms with Crippen LogP contribution in [0.2, 0.25) is 0 Å². The number of aromatic carboxylic acids is 1. The van der Waals surface area contributed by atoms with E-state index in [0.717, 1.165) is 6.42 Å². The fourth-order valence-corrected chi connectivity index (χ4v) is 1.32. The lowest BCUT2D eigenvalue weighted by molar-refractivity contribution is 0.0688. The van der Waals surface area contributed by atoms with Crippen LogP contribution < -0.4 is 0 Å². The minimum absolute atomic E-state index is 0.0558. The Balaban J connectivity index is 3.06. The first-order chi connectivity index (χ1) is 6.60. The maximum atomic E-state index is 10.8. The van der Waals surface area contributed by atoms with Gasteiger partial charge in [-0.3, -0.25) is 4.68 Å². The largest absolute Gasteiger partial charge is 0.476 e. The summed E-state index contributed by atoms with van der Waals surface area (Å²) in [7, 11) is 0. The maximum Gasteiger partial charge on any atom is 0.356 e. The zero-order valence-electron chi connectivity index (χ0n) is 8.20. The number of carboxylic acid groups (broad SMARTS) is 1. The Morgan fingerprint density at radius 1 is 1.79 bits per heavy atom. The van der Waals surface area contributed by atoms with Crippen LogP contribution in [0.1, 0.15) is 42.4 Å². The van der Waals surface area contributed by atoms with Crippen molar-refractivity contribution in [3.05, 3.63) is 17.5 Å². The Morgan fingerprint density at radius 2 is 2.43 bits per heavy atom.